The molecule has 172 valence electrons. The molecule has 6 heteroatoms. The lowest BCUT2D eigenvalue weighted by molar-refractivity contribution is -0.111. The van der Waals surface area contributed by atoms with Gasteiger partial charge in [-0.25, -0.2) is 0 Å². The quantitative estimate of drug-likeness (QED) is 0.198. The van der Waals surface area contributed by atoms with Crippen molar-refractivity contribution in [1.29, 1.82) is 0 Å². The first-order valence-corrected chi connectivity index (χ1v) is 11.0. The van der Waals surface area contributed by atoms with Crippen LogP contribution < -0.4 is 21.1 Å². The lowest BCUT2D eigenvalue weighted by Crippen LogP contribution is -2.09. The standard InChI is InChI=1S/C27H31N3O3/c1-4-6-21-15-22(16-25(33-3)18(21)2)29-17-20-11-9-19(10-12-20)13-14-26(32)30-23-7-5-8-24(31)27(23)28/h5,7-16,29,31H,4,6,17,28H2,1-3H3,(H,30,32)/b14-13+. The molecule has 3 aromatic carbocycles. The maximum atomic E-state index is 12.2. The highest BCUT2D eigenvalue weighted by atomic mass is 16.5. The molecule has 0 saturated carbocycles. The van der Waals surface area contributed by atoms with Crippen LogP contribution in [0.2, 0.25) is 0 Å². The zero-order valence-electron chi connectivity index (χ0n) is 19.3. The van der Waals surface area contributed by atoms with Crippen LogP contribution in [0.25, 0.3) is 6.08 Å². The van der Waals surface area contributed by atoms with Gasteiger partial charge in [-0.1, -0.05) is 43.7 Å². The summed E-state index contributed by atoms with van der Waals surface area (Å²) >= 11 is 0. The number of phenols is 1. The van der Waals surface area contributed by atoms with Gasteiger partial charge in [-0.15, -0.1) is 0 Å². The molecule has 0 fully saturated rings. The number of para-hydroxylation sites is 1. The molecule has 0 radical (unpaired) electrons. The van der Waals surface area contributed by atoms with Crippen molar-refractivity contribution in [3.63, 3.8) is 0 Å². The first-order chi connectivity index (χ1) is 15.9. The zero-order valence-corrected chi connectivity index (χ0v) is 19.3. The van der Waals surface area contributed by atoms with E-state index < -0.39 is 0 Å². The van der Waals surface area contributed by atoms with E-state index in [1.54, 1.807) is 25.3 Å². The van der Waals surface area contributed by atoms with E-state index in [0.29, 0.717) is 12.2 Å². The number of carbonyl (C=O) groups excluding carboxylic acids is 1. The Kier molecular flexibility index (Phi) is 7.97. The van der Waals surface area contributed by atoms with Crippen LogP contribution in [0, 0.1) is 6.92 Å². The molecule has 0 unspecified atom stereocenters. The molecule has 0 atom stereocenters. The number of methoxy groups -OCH3 is 1. The van der Waals surface area contributed by atoms with Crippen molar-refractivity contribution in [1.82, 2.24) is 0 Å². The second kappa shape index (κ2) is 11.1. The lowest BCUT2D eigenvalue weighted by atomic mass is 10.0. The normalized spacial score (nSPS) is 10.9. The maximum absolute atomic E-state index is 12.2. The maximum Gasteiger partial charge on any atom is 0.248 e. The number of ether oxygens (including phenoxy) is 1. The van der Waals surface area contributed by atoms with E-state index in [9.17, 15) is 9.90 Å². The number of aryl methyl sites for hydroxylation is 1. The van der Waals surface area contributed by atoms with Gasteiger partial charge in [-0.2, -0.15) is 0 Å². The number of aromatic hydroxyl groups is 1. The number of carbonyl (C=O) groups is 1. The molecule has 3 rings (SSSR count). The van der Waals surface area contributed by atoms with E-state index in [1.165, 1.54) is 23.3 Å². The predicted octanol–water partition coefficient (Wildman–Crippen LogP) is 5.51. The number of hydrogen-bond acceptors (Lipinski definition) is 5. The number of nitrogen functional groups attached to an aromatic ring is 1. The van der Waals surface area contributed by atoms with E-state index >= 15 is 0 Å². The molecule has 3 aromatic rings. The summed E-state index contributed by atoms with van der Waals surface area (Å²) in [4.78, 5) is 12.2. The van der Waals surface area contributed by atoms with Gasteiger partial charge in [-0.3, -0.25) is 4.79 Å². The molecular weight excluding hydrogens is 414 g/mol. The second-order valence-corrected chi connectivity index (χ2v) is 7.87. The van der Waals surface area contributed by atoms with Crippen molar-refractivity contribution >= 4 is 29.0 Å². The molecule has 0 aliphatic carbocycles. The van der Waals surface area contributed by atoms with E-state index in [4.69, 9.17) is 10.5 Å². The smallest absolute Gasteiger partial charge is 0.248 e. The topological polar surface area (TPSA) is 96.6 Å². The van der Waals surface area contributed by atoms with E-state index in [0.717, 1.165) is 35.4 Å². The third-order valence-electron chi connectivity index (χ3n) is 5.45. The Bertz CT molecular complexity index is 1140. The Morgan fingerprint density at radius 3 is 2.61 bits per heavy atom. The van der Waals surface area contributed by atoms with Crippen LogP contribution in [0.5, 0.6) is 11.5 Å². The van der Waals surface area contributed by atoms with Crippen LogP contribution >= 0.6 is 0 Å². The summed E-state index contributed by atoms with van der Waals surface area (Å²) < 4.78 is 5.54. The third-order valence-corrected chi connectivity index (χ3v) is 5.45. The summed E-state index contributed by atoms with van der Waals surface area (Å²) in [6.45, 7) is 4.95. The van der Waals surface area contributed by atoms with Crippen LogP contribution in [0.3, 0.4) is 0 Å². The highest BCUT2D eigenvalue weighted by molar-refractivity contribution is 6.04. The predicted molar refractivity (Wildman–Crippen MR) is 136 cm³/mol. The average molecular weight is 446 g/mol. The fourth-order valence-corrected chi connectivity index (χ4v) is 3.55. The average Bonchev–Trinajstić information content (AvgIpc) is 2.82. The monoisotopic (exact) mass is 445 g/mol. The van der Waals surface area contributed by atoms with Gasteiger partial charge in [-0.05, 0) is 59.9 Å². The summed E-state index contributed by atoms with van der Waals surface area (Å²) in [7, 11) is 1.70. The summed E-state index contributed by atoms with van der Waals surface area (Å²) in [5, 5.41) is 15.8. The Morgan fingerprint density at radius 2 is 1.91 bits per heavy atom. The van der Waals surface area contributed by atoms with Crippen LogP contribution in [0.15, 0.2) is 60.7 Å². The number of rotatable bonds is 9. The largest absolute Gasteiger partial charge is 0.506 e. The van der Waals surface area contributed by atoms with Gasteiger partial charge in [0.2, 0.25) is 5.91 Å². The summed E-state index contributed by atoms with van der Waals surface area (Å²) in [6.07, 6.45) is 5.27. The van der Waals surface area contributed by atoms with Crippen molar-refractivity contribution in [2.75, 3.05) is 23.5 Å². The molecule has 0 aromatic heterocycles. The van der Waals surface area contributed by atoms with Crippen LogP contribution in [-0.4, -0.2) is 18.1 Å². The summed E-state index contributed by atoms with van der Waals surface area (Å²) in [5.41, 5.74) is 11.8. The molecule has 1 amide bonds. The summed E-state index contributed by atoms with van der Waals surface area (Å²) in [5.74, 6) is 0.510. The molecule has 0 spiro atoms. The van der Waals surface area contributed by atoms with Gasteiger partial charge in [0.25, 0.3) is 0 Å². The first kappa shape index (κ1) is 23.7. The number of hydrogen-bond donors (Lipinski definition) is 4. The number of nitrogens with one attached hydrogen (secondary N) is 2. The molecular formula is C27H31N3O3. The minimum Gasteiger partial charge on any atom is -0.506 e. The molecule has 0 bridgehead atoms. The van der Waals surface area contributed by atoms with Gasteiger partial charge < -0.3 is 26.2 Å². The molecule has 5 N–H and O–H groups in total. The number of nitrogens with two attached hydrogens (primary N) is 1. The van der Waals surface area contributed by atoms with E-state index in [-0.39, 0.29) is 17.3 Å². The summed E-state index contributed by atoms with van der Waals surface area (Å²) in [6, 6.07) is 16.9. The lowest BCUT2D eigenvalue weighted by Gasteiger charge is -2.14. The molecule has 0 aliphatic rings. The van der Waals surface area contributed by atoms with Crippen LogP contribution in [0.1, 0.15) is 35.6 Å². The molecule has 33 heavy (non-hydrogen) atoms. The fraction of sp³-hybridized carbons (Fsp3) is 0.222. The van der Waals surface area contributed by atoms with Gasteiger partial charge >= 0.3 is 0 Å². The second-order valence-electron chi connectivity index (χ2n) is 7.87. The Hall–Kier alpha value is -3.93. The van der Waals surface area contributed by atoms with Crippen molar-refractivity contribution in [2.24, 2.45) is 0 Å². The first-order valence-electron chi connectivity index (χ1n) is 11.0. The number of benzene rings is 3. The van der Waals surface area contributed by atoms with E-state index in [1.807, 2.05) is 30.3 Å². The number of anilines is 3. The van der Waals surface area contributed by atoms with Gasteiger partial charge in [0.15, 0.2) is 0 Å². The van der Waals surface area contributed by atoms with E-state index in [2.05, 4.69) is 30.5 Å². The molecule has 0 aliphatic heterocycles. The highest BCUT2D eigenvalue weighted by Gasteiger charge is 2.08. The Morgan fingerprint density at radius 1 is 1.15 bits per heavy atom. The van der Waals surface area contributed by atoms with Gasteiger partial charge in [0.1, 0.15) is 11.5 Å². The molecule has 0 heterocycles. The fourth-order valence-electron chi connectivity index (χ4n) is 3.55. The van der Waals surface area contributed by atoms with Crippen LogP contribution in [0.4, 0.5) is 17.1 Å². The van der Waals surface area contributed by atoms with Crippen molar-refractivity contribution < 1.29 is 14.6 Å². The van der Waals surface area contributed by atoms with Crippen molar-refractivity contribution in [3.05, 3.63) is 82.9 Å². The molecule has 0 saturated heterocycles. The third kappa shape index (κ3) is 6.29. The SMILES string of the molecule is CCCc1cc(NCc2ccc(/C=C/C(=O)Nc3cccc(O)c3N)cc2)cc(OC)c1C. The number of phenolic OH excluding ortho intramolecular Hbond substituents is 1. The van der Waals surface area contributed by atoms with Crippen molar-refractivity contribution in [3.8, 4) is 11.5 Å². The van der Waals surface area contributed by atoms with Crippen LogP contribution in [-0.2, 0) is 17.8 Å². The minimum atomic E-state index is -0.325. The zero-order chi connectivity index (χ0) is 23.8. The molecule has 6 nitrogen and oxygen atoms in total. The van der Waals surface area contributed by atoms with Gasteiger partial charge in [0.05, 0.1) is 18.5 Å². The van der Waals surface area contributed by atoms with Crippen molar-refractivity contribution in [2.45, 2.75) is 33.2 Å². The minimum absolute atomic E-state index is 0.0633. The highest BCUT2D eigenvalue weighted by Crippen LogP contribution is 2.29. The number of amides is 1. The Labute approximate surface area is 195 Å². The Balaban J connectivity index is 1.60. The van der Waals surface area contributed by atoms with Gasteiger partial charge in [0, 0.05) is 24.4 Å².